The summed E-state index contributed by atoms with van der Waals surface area (Å²) in [5, 5.41) is 6.87. The summed E-state index contributed by atoms with van der Waals surface area (Å²) < 4.78 is 5.36. The van der Waals surface area contributed by atoms with Crippen molar-refractivity contribution in [2.45, 2.75) is 13.3 Å². The lowest BCUT2D eigenvalue weighted by Gasteiger charge is -2.26. The first-order chi connectivity index (χ1) is 10.3. The molecule has 0 aromatic heterocycles. The van der Waals surface area contributed by atoms with Crippen LogP contribution in [0.5, 0.6) is 0 Å². The molecule has 2 heterocycles. The third-order valence-electron chi connectivity index (χ3n) is 4.42. The molecule has 1 unspecified atom stereocenters. The molecule has 0 spiro atoms. The van der Waals surface area contributed by atoms with E-state index in [1.54, 1.807) is 0 Å². The Labute approximate surface area is 152 Å². The number of morpholine rings is 1. The summed E-state index contributed by atoms with van der Waals surface area (Å²) >= 11 is 0. The molecule has 0 aliphatic carbocycles. The molecule has 1 atom stereocenters. The Morgan fingerprint density at radius 1 is 1.18 bits per heavy atom. The monoisotopic (exact) mass is 425 g/mol. The molecule has 22 heavy (non-hydrogen) atoms. The minimum Gasteiger partial charge on any atom is -0.379 e. The molecule has 0 saturated carbocycles. The minimum atomic E-state index is 0. The number of guanidine groups is 1. The summed E-state index contributed by atoms with van der Waals surface area (Å²) in [5.41, 5.74) is 0. The van der Waals surface area contributed by atoms with Gasteiger partial charge in [0.15, 0.2) is 5.96 Å². The van der Waals surface area contributed by atoms with Crippen molar-refractivity contribution in [1.82, 2.24) is 20.4 Å². The van der Waals surface area contributed by atoms with Crippen LogP contribution in [-0.4, -0.2) is 88.4 Å². The standard InChI is InChI=1S/C15H31N5O.HI/c1-3-19-6-4-14(13-19)12-18-15(16-2)17-5-7-20-8-10-21-11-9-20;/h14H,3-13H2,1-2H3,(H2,16,17,18);1H. The maximum atomic E-state index is 5.36. The van der Waals surface area contributed by atoms with E-state index in [0.717, 1.165) is 57.8 Å². The summed E-state index contributed by atoms with van der Waals surface area (Å²) in [6.45, 7) is 12.7. The smallest absolute Gasteiger partial charge is 0.191 e. The van der Waals surface area contributed by atoms with Gasteiger partial charge in [0.1, 0.15) is 0 Å². The van der Waals surface area contributed by atoms with Crippen molar-refractivity contribution in [2.24, 2.45) is 10.9 Å². The van der Waals surface area contributed by atoms with E-state index in [9.17, 15) is 0 Å². The van der Waals surface area contributed by atoms with Gasteiger partial charge < -0.3 is 20.3 Å². The maximum Gasteiger partial charge on any atom is 0.191 e. The average Bonchev–Trinajstić information content (AvgIpc) is 3.00. The number of ether oxygens (including phenoxy) is 1. The Kier molecular flexibility index (Phi) is 10.3. The highest BCUT2D eigenvalue weighted by molar-refractivity contribution is 14.0. The summed E-state index contributed by atoms with van der Waals surface area (Å²) in [5.74, 6) is 1.68. The predicted molar refractivity (Wildman–Crippen MR) is 102 cm³/mol. The van der Waals surface area contributed by atoms with Crippen LogP contribution in [-0.2, 0) is 4.74 Å². The molecule has 2 N–H and O–H groups in total. The van der Waals surface area contributed by atoms with Crippen molar-refractivity contribution < 1.29 is 4.74 Å². The van der Waals surface area contributed by atoms with Crippen molar-refractivity contribution in [3.05, 3.63) is 0 Å². The molecule has 0 bridgehead atoms. The zero-order valence-corrected chi connectivity index (χ0v) is 16.3. The molecule has 0 radical (unpaired) electrons. The molecule has 2 saturated heterocycles. The van der Waals surface area contributed by atoms with Crippen molar-refractivity contribution in [3.63, 3.8) is 0 Å². The Bertz CT molecular complexity index is 323. The molecule has 0 aromatic carbocycles. The van der Waals surface area contributed by atoms with Gasteiger partial charge in [0, 0.05) is 46.3 Å². The molecule has 2 aliphatic heterocycles. The zero-order chi connectivity index (χ0) is 14.9. The highest BCUT2D eigenvalue weighted by atomic mass is 127. The molecular formula is C15H32IN5O. The van der Waals surface area contributed by atoms with E-state index in [2.05, 4.69) is 32.3 Å². The first-order valence-corrected chi connectivity index (χ1v) is 8.28. The lowest BCUT2D eigenvalue weighted by Crippen LogP contribution is -2.45. The van der Waals surface area contributed by atoms with Crippen LogP contribution < -0.4 is 10.6 Å². The molecule has 0 amide bonds. The Hall–Kier alpha value is -0.120. The fourth-order valence-electron chi connectivity index (χ4n) is 2.99. The van der Waals surface area contributed by atoms with Crippen LogP contribution in [0, 0.1) is 5.92 Å². The number of likely N-dealkylation sites (tertiary alicyclic amines) is 1. The highest BCUT2D eigenvalue weighted by Gasteiger charge is 2.21. The van der Waals surface area contributed by atoms with Gasteiger partial charge in [-0.1, -0.05) is 6.92 Å². The number of rotatable bonds is 6. The fraction of sp³-hybridized carbons (Fsp3) is 0.933. The van der Waals surface area contributed by atoms with Gasteiger partial charge in [-0.15, -0.1) is 24.0 Å². The van der Waals surface area contributed by atoms with Crippen LogP contribution in [0.1, 0.15) is 13.3 Å². The second kappa shape index (κ2) is 11.4. The first-order valence-electron chi connectivity index (χ1n) is 8.28. The van der Waals surface area contributed by atoms with Crippen molar-refractivity contribution in [2.75, 3.05) is 72.6 Å². The van der Waals surface area contributed by atoms with E-state index in [0.29, 0.717) is 0 Å². The molecular weight excluding hydrogens is 393 g/mol. The van der Waals surface area contributed by atoms with Gasteiger partial charge in [0.2, 0.25) is 0 Å². The van der Waals surface area contributed by atoms with Gasteiger partial charge in [0.25, 0.3) is 0 Å². The topological polar surface area (TPSA) is 52.1 Å². The van der Waals surface area contributed by atoms with Crippen molar-refractivity contribution >= 4 is 29.9 Å². The largest absolute Gasteiger partial charge is 0.379 e. The SMILES string of the molecule is CCN1CCC(CNC(=NC)NCCN2CCOCC2)C1.I. The Morgan fingerprint density at radius 2 is 1.95 bits per heavy atom. The number of aliphatic imine (C=N–C) groups is 1. The molecule has 2 fully saturated rings. The van der Waals surface area contributed by atoms with Crippen LogP contribution in [0.25, 0.3) is 0 Å². The fourth-order valence-corrected chi connectivity index (χ4v) is 2.99. The maximum absolute atomic E-state index is 5.36. The number of hydrogen-bond acceptors (Lipinski definition) is 4. The molecule has 130 valence electrons. The summed E-state index contributed by atoms with van der Waals surface area (Å²) in [4.78, 5) is 9.25. The minimum absolute atomic E-state index is 0. The van der Waals surface area contributed by atoms with Gasteiger partial charge in [-0.2, -0.15) is 0 Å². The van der Waals surface area contributed by atoms with Crippen molar-refractivity contribution in [1.29, 1.82) is 0 Å². The van der Waals surface area contributed by atoms with E-state index in [1.807, 2.05) is 7.05 Å². The molecule has 0 aromatic rings. The van der Waals surface area contributed by atoms with Gasteiger partial charge in [-0.3, -0.25) is 9.89 Å². The lowest BCUT2D eigenvalue weighted by molar-refractivity contribution is 0.0389. The second-order valence-corrected chi connectivity index (χ2v) is 5.88. The van der Waals surface area contributed by atoms with Gasteiger partial charge in [0.05, 0.1) is 13.2 Å². The highest BCUT2D eigenvalue weighted by Crippen LogP contribution is 2.14. The normalized spacial score (nSPS) is 24.1. The lowest BCUT2D eigenvalue weighted by atomic mass is 10.1. The van der Waals surface area contributed by atoms with Crippen LogP contribution >= 0.6 is 24.0 Å². The van der Waals surface area contributed by atoms with Crippen molar-refractivity contribution in [3.8, 4) is 0 Å². The molecule has 7 heteroatoms. The third-order valence-corrected chi connectivity index (χ3v) is 4.42. The molecule has 6 nitrogen and oxygen atoms in total. The predicted octanol–water partition coefficient (Wildman–Crippen LogP) is 0.443. The van der Waals surface area contributed by atoms with E-state index in [-0.39, 0.29) is 24.0 Å². The van der Waals surface area contributed by atoms with Gasteiger partial charge in [-0.25, -0.2) is 0 Å². The van der Waals surface area contributed by atoms with Crippen LogP contribution in [0.2, 0.25) is 0 Å². The number of nitrogens with zero attached hydrogens (tertiary/aromatic N) is 3. The molecule has 2 rings (SSSR count). The second-order valence-electron chi connectivity index (χ2n) is 5.88. The zero-order valence-electron chi connectivity index (χ0n) is 14.0. The summed E-state index contributed by atoms with van der Waals surface area (Å²) in [7, 11) is 1.84. The van der Waals surface area contributed by atoms with Crippen LogP contribution in [0.3, 0.4) is 0 Å². The van der Waals surface area contributed by atoms with E-state index >= 15 is 0 Å². The van der Waals surface area contributed by atoms with Crippen LogP contribution in [0.4, 0.5) is 0 Å². The Morgan fingerprint density at radius 3 is 2.59 bits per heavy atom. The summed E-state index contributed by atoms with van der Waals surface area (Å²) in [6.07, 6.45) is 1.30. The summed E-state index contributed by atoms with van der Waals surface area (Å²) in [6, 6.07) is 0. The van der Waals surface area contributed by atoms with Gasteiger partial charge >= 0.3 is 0 Å². The van der Waals surface area contributed by atoms with E-state index in [4.69, 9.17) is 4.74 Å². The number of nitrogens with one attached hydrogen (secondary N) is 2. The van der Waals surface area contributed by atoms with Crippen LogP contribution in [0.15, 0.2) is 4.99 Å². The average molecular weight is 425 g/mol. The quantitative estimate of drug-likeness (QED) is 0.368. The molecule has 2 aliphatic rings. The number of hydrogen-bond donors (Lipinski definition) is 2. The Balaban J connectivity index is 0.00000242. The van der Waals surface area contributed by atoms with Gasteiger partial charge in [-0.05, 0) is 25.4 Å². The van der Waals surface area contributed by atoms with E-state index in [1.165, 1.54) is 26.1 Å². The first kappa shape index (κ1) is 19.9. The third kappa shape index (κ3) is 6.97. The van der Waals surface area contributed by atoms with E-state index < -0.39 is 0 Å². The number of halogens is 1.